The van der Waals surface area contributed by atoms with Crippen molar-refractivity contribution in [2.45, 2.75) is 19.4 Å². The predicted molar refractivity (Wildman–Crippen MR) is 119 cm³/mol. The third-order valence-corrected chi connectivity index (χ3v) is 5.67. The Kier molecular flexibility index (Phi) is 6.64. The fraction of sp³-hybridized carbons (Fsp3) is 0.375. The molecule has 1 unspecified atom stereocenters. The van der Waals surface area contributed by atoms with Crippen molar-refractivity contribution in [2.24, 2.45) is 10.9 Å². The molecule has 0 aliphatic carbocycles. The number of aliphatic imine (C=N–C) groups is 1. The molecule has 6 heteroatoms. The number of aromatic amines is 1. The van der Waals surface area contributed by atoms with E-state index in [0.717, 1.165) is 61.5 Å². The van der Waals surface area contributed by atoms with Crippen LogP contribution in [0, 0.1) is 11.7 Å². The van der Waals surface area contributed by atoms with Gasteiger partial charge in [-0.15, -0.1) is 0 Å². The van der Waals surface area contributed by atoms with Crippen molar-refractivity contribution in [2.75, 3.05) is 33.3 Å². The minimum absolute atomic E-state index is 0.204. The summed E-state index contributed by atoms with van der Waals surface area (Å²) in [6.07, 6.45) is 3.88. The van der Waals surface area contributed by atoms with E-state index in [-0.39, 0.29) is 5.82 Å². The van der Waals surface area contributed by atoms with Gasteiger partial charge in [-0.05, 0) is 42.2 Å². The Morgan fingerprint density at radius 3 is 2.97 bits per heavy atom. The lowest BCUT2D eigenvalue weighted by molar-refractivity contribution is 0.0907. The van der Waals surface area contributed by atoms with Gasteiger partial charge in [0, 0.05) is 49.7 Å². The van der Waals surface area contributed by atoms with Crippen LogP contribution in [-0.4, -0.2) is 49.1 Å². The molecule has 1 aromatic heterocycles. The van der Waals surface area contributed by atoms with Gasteiger partial charge in [0.25, 0.3) is 0 Å². The van der Waals surface area contributed by atoms with Gasteiger partial charge in [0.2, 0.25) is 0 Å². The Morgan fingerprint density at radius 2 is 2.13 bits per heavy atom. The van der Waals surface area contributed by atoms with Crippen molar-refractivity contribution in [3.63, 3.8) is 0 Å². The number of benzene rings is 2. The smallest absolute Gasteiger partial charge is 0.193 e. The van der Waals surface area contributed by atoms with Crippen LogP contribution in [0.15, 0.2) is 59.7 Å². The second-order valence-corrected chi connectivity index (χ2v) is 7.83. The maximum Gasteiger partial charge on any atom is 0.193 e. The van der Waals surface area contributed by atoms with E-state index in [2.05, 4.69) is 32.3 Å². The van der Waals surface area contributed by atoms with Crippen molar-refractivity contribution in [1.29, 1.82) is 0 Å². The molecule has 2 N–H and O–H groups in total. The molecule has 1 atom stereocenters. The average molecular weight is 409 g/mol. The minimum Gasteiger partial charge on any atom is -0.376 e. The molecule has 5 nitrogen and oxygen atoms in total. The lowest BCUT2D eigenvalue weighted by atomic mass is 10.1. The largest absolute Gasteiger partial charge is 0.376 e. The Balaban J connectivity index is 1.23. The summed E-state index contributed by atoms with van der Waals surface area (Å²) in [5.41, 5.74) is 3.29. The van der Waals surface area contributed by atoms with Crippen LogP contribution >= 0.6 is 0 Å². The molecule has 0 radical (unpaired) electrons. The van der Waals surface area contributed by atoms with Gasteiger partial charge in [-0.1, -0.05) is 30.3 Å². The summed E-state index contributed by atoms with van der Waals surface area (Å²) in [5, 5.41) is 4.41. The number of nitrogens with zero attached hydrogens (tertiary/aromatic N) is 2. The van der Waals surface area contributed by atoms with Gasteiger partial charge in [0.1, 0.15) is 5.82 Å². The number of halogens is 1. The fourth-order valence-corrected chi connectivity index (χ4v) is 4.08. The van der Waals surface area contributed by atoms with Gasteiger partial charge in [0.15, 0.2) is 5.96 Å². The molecule has 0 spiro atoms. The van der Waals surface area contributed by atoms with E-state index in [1.165, 1.54) is 11.6 Å². The Bertz CT molecular complexity index is 985. The first kappa shape index (κ1) is 20.4. The van der Waals surface area contributed by atoms with E-state index in [4.69, 9.17) is 4.74 Å². The first-order valence-corrected chi connectivity index (χ1v) is 10.6. The molecule has 4 rings (SSSR count). The van der Waals surface area contributed by atoms with E-state index < -0.39 is 0 Å². The third kappa shape index (κ3) is 5.00. The summed E-state index contributed by atoms with van der Waals surface area (Å²) in [4.78, 5) is 9.96. The monoisotopic (exact) mass is 408 g/mol. The first-order chi connectivity index (χ1) is 14.7. The number of hydrogen-bond acceptors (Lipinski definition) is 2. The molecule has 1 fully saturated rings. The summed E-state index contributed by atoms with van der Waals surface area (Å²) in [7, 11) is 1.82. The molecule has 1 aliphatic rings. The number of hydrogen-bond donors (Lipinski definition) is 2. The van der Waals surface area contributed by atoms with E-state index >= 15 is 0 Å². The zero-order chi connectivity index (χ0) is 20.8. The molecule has 2 aromatic carbocycles. The maximum absolute atomic E-state index is 13.6. The molecule has 1 saturated heterocycles. The predicted octanol–water partition coefficient (Wildman–Crippen LogP) is 3.96. The zero-order valence-electron chi connectivity index (χ0n) is 17.4. The maximum atomic E-state index is 13.6. The number of ether oxygens (including phenoxy) is 1. The Morgan fingerprint density at radius 1 is 1.27 bits per heavy atom. The lowest BCUT2D eigenvalue weighted by Crippen LogP contribution is -2.41. The van der Waals surface area contributed by atoms with Gasteiger partial charge in [-0.3, -0.25) is 4.99 Å². The van der Waals surface area contributed by atoms with Crippen LogP contribution in [-0.2, 0) is 17.8 Å². The highest BCUT2D eigenvalue weighted by Gasteiger charge is 2.24. The number of rotatable bonds is 7. The second-order valence-electron chi connectivity index (χ2n) is 7.83. The van der Waals surface area contributed by atoms with Crippen LogP contribution in [0.4, 0.5) is 4.39 Å². The standard InChI is InChI=1S/C24H29FN4O/c1-26-24(27-11-9-20-14-28-23-8-7-21(25)13-22(20)23)29-12-10-19(15-29)17-30-16-18-5-3-2-4-6-18/h2-8,13-14,19,28H,9-12,15-17H2,1H3,(H,26,27). The highest BCUT2D eigenvalue weighted by atomic mass is 19.1. The van der Waals surface area contributed by atoms with Crippen molar-refractivity contribution in [3.8, 4) is 0 Å². The molecular weight excluding hydrogens is 379 g/mol. The molecule has 0 saturated carbocycles. The van der Waals surface area contributed by atoms with Crippen LogP contribution in [0.3, 0.4) is 0 Å². The molecular formula is C24H29FN4O. The molecule has 1 aliphatic heterocycles. The molecule has 0 amide bonds. The van der Waals surface area contributed by atoms with Gasteiger partial charge in [-0.25, -0.2) is 4.39 Å². The first-order valence-electron chi connectivity index (χ1n) is 10.6. The summed E-state index contributed by atoms with van der Waals surface area (Å²) in [6, 6.07) is 15.1. The zero-order valence-corrected chi connectivity index (χ0v) is 17.4. The second kappa shape index (κ2) is 9.76. The van der Waals surface area contributed by atoms with Crippen LogP contribution < -0.4 is 5.32 Å². The van der Waals surface area contributed by atoms with E-state index in [1.807, 2.05) is 31.4 Å². The fourth-order valence-electron chi connectivity index (χ4n) is 4.08. The Hall–Kier alpha value is -2.86. The summed E-state index contributed by atoms with van der Waals surface area (Å²) in [6.45, 7) is 4.12. The van der Waals surface area contributed by atoms with Crippen LogP contribution in [0.5, 0.6) is 0 Å². The number of likely N-dealkylation sites (tertiary alicyclic amines) is 1. The molecule has 30 heavy (non-hydrogen) atoms. The van der Waals surface area contributed by atoms with Crippen molar-refractivity contribution < 1.29 is 9.13 Å². The summed E-state index contributed by atoms with van der Waals surface area (Å²) in [5.74, 6) is 1.24. The summed E-state index contributed by atoms with van der Waals surface area (Å²) >= 11 is 0. The third-order valence-electron chi connectivity index (χ3n) is 5.67. The number of guanidine groups is 1. The van der Waals surface area contributed by atoms with Gasteiger partial charge >= 0.3 is 0 Å². The van der Waals surface area contributed by atoms with E-state index in [1.54, 1.807) is 12.1 Å². The quantitative estimate of drug-likeness (QED) is 0.460. The molecule has 158 valence electrons. The van der Waals surface area contributed by atoms with Crippen LogP contribution in [0.1, 0.15) is 17.5 Å². The lowest BCUT2D eigenvalue weighted by Gasteiger charge is -2.21. The van der Waals surface area contributed by atoms with Crippen LogP contribution in [0.25, 0.3) is 10.9 Å². The minimum atomic E-state index is -0.204. The van der Waals surface area contributed by atoms with Gasteiger partial charge in [-0.2, -0.15) is 0 Å². The number of aromatic nitrogens is 1. The number of nitrogens with one attached hydrogen (secondary N) is 2. The van der Waals surface area contributed by atoms with Crippen molar-refractivity contribution >= 4 is 16.9 Å². The molecule has 2 heterocycles. The van der Waals surface area contributed by atoms with E-state index in [0.29, 0.717) is 12.5 Å². The van der Waals surface area contributed by atoms with Crippen molar-refractivity contribution in [1.82, 2.24) is 15.2 Å². The SMILES string of the molecule is CN=C(NCCc1c[nH]c2ccc(F)cc12)N1CCC(COCc2ccccc2)C1. The van der Waals surface area contributed by atoms with Crippen LogP contribution in [0.2, 0.25) is 0 Å². The number of H-pyrrole nitrogens is 1. The molecule has 3 aromatic rings. The molecule has 0 bridgehead atoms. The highest BCUT2D eigenvalue weighted by molar-refractivity contribution is 5.83. The summed E-state index contributed by atoms with van der Waals surface area (Å²) < 4.78 is 19.5. The highest BCUT2D eigenvalue weighted by Crippen LogP contribution is 2.20. The normalized spacial score (nSPS) is 17.1. The number of fused-ring (bicyclic) bond motifs is 1. The topological polar surface area (TPSA) is 52.7 Å². The van der Waals surface area contributed by atoms with Gasteiger partial charge < -0.3 is 19.9 Å². The van der Waals surface area contributed by atoms with Crippen molar-refractivity contribution in [3.05, 3.63) is 71.7 Å². The average Bonchev–Trinajstić information content (AvgIpc) is 3.39. The van der Waals surface area contributed by atoms with Gasteiger partial charge in [0.05, 0.1) is 13.2 Å². The Labute approximate surface area is 177 Å². The van der Waals surface area contributed by atoms with E-state index in [9.17, 15) is 4.39 Å².